The molecule has 0 aliphatic carbocycles. The first-order chi connectivity index (χ1) is 16.4. The molecule has 0 atom stereocenters. The summed E-state index contributed by atoms with van der Waals surface area (Å²) in [5.41, 5.74) is 7.44. The number of anilines is 1. The van der Waals surface area contributed by atoms with Gasteiger partial charge < -0.3 is 10.1 Å². The van der Waals surface area contributed by atoms with Gasteiger partial charge in [-0.3, -0.25) is 4.79 Å². The van der Waals surface area contributed by atoms with Gasteiger partial charge in [0.05, 0.1) is 23.6 Å². The lowest BCUT2D eigenvalue weighted by Gasteiger charge is -2.13. The molecular weight excluding hydrogens is 428 g/mol. The van der Waals surface area contributed by atoms with Gasteiger partial charge in [0, 0.05) is 23.4 Å². The van der Waals surface area contributed by atoms with Gasteiger partial charge in [0.15, 0.2) is 5.65 Å². The van der Waals surface area contributed by atoms with E-state index in [-0.39, 0.29) is 18.9 Å². The number of nitrogens with zero attached hydrogens (tertiary/aromatic N) is 3. The molecular formula is C27H28N4O3. The average Bonchev–Trinajstić information content (AvgIpc) is 3.15. The smallest absolute Gasteiger partial charge is 0.340 e. The van der Waals surface area contributed by atoms with E-state index in [0.717, 1.165) is 39.4 Å². The van der Waals surface area contributed by atoms with Crippen molar-refractivity contribution in [1.82, 2.24) is 14.6 Å². The highest BCUT2D eigenvalue weighted by molar-refractivity contribution is 6.01. The zero-order chi connectivity index (χ0) is 24.2. The molecule has 0 fully saturated rings. The molecule has 34 heavy (non-hydrogen) atoms. The van der Waals surface area contributed by atoms with Crippen LogP contribution in [0.25, 0.3) is 16.8 Å². The Morgan fingerprint density at radius 1 is 0.971 bits per heavy atom. The van der Waals surface area contributed by atoms with Gasteiger partial charge >= 0.3 is 5.97 Å². The molecule has 0 bridgehead atoms. The molecule has 0 radical (unpaired) electrons. The Morgan fingerprint density at radius 2 is 1.68 bits per heavy atom. The zero-order valence-electron chi connectivity index (χ0n) is 19.9. The molecule has 0 saturated carbocycles. The van der Waals surface area contributed by atoms with E-state index in [0.29, 0.717) is 17.7 Å². The van der Waals surface area contributed by atoms with Gasteiger partial charge in [-0.2, -0.15) is 5.10 Å². The van der Waals surface area contributed by atoms with Crippen molar-refractivity contribution in [3.63, 3.8) is 0 Å². The molecule has 2 aromatic carbocycles. The number of fused-ring (bicyclic) bond motifs is 1. The van der Waals surface area contributed by atoms with Crippen molar-refractivity contribution in [2.45, 2.75) is 40.5 Å². The maximum Gasteiger partial charge on any atom is 0.340 e. The SMILES string of the molecule is CCOC(=O)c1ccccc1NC(=O)CCc1c(C)nc2c(-c3ccccc3)c(C)nn2c1C. The molecule has 0 spiro atoms. The van der Waals surface area contributed by atoms with E-state index in [1.807, 2.05) is 43.5 Å². The quantitative estimate of drug-likeness (QED) is 0.393. The van der Waals surface area contributed by atoms with Crippen LogP contribution >= 0.6 is 0 Å². The first-order valence-electron chi connectivity index (χ1n) is 11.4. The lowest BCUT2D eigenvalue weighted by Crippen LogP contribution is -2.17. The summed E-state index contributed by atoms with van der Waals surface area (Å²) in [6, 6.07) is 17.0. The molecule has 4 rings (SSSR count). The van der Waals surface area contributed by atoms with Crippen LogP contribution in [-0.4, -0.2) is 33.1 Å². The Kier molecular flexibility index (Phi) is 6.72. The summed E-state index contributed by atoms with van der Waals surface area (Å²) < 4.78 is 6.96. The largest absolute Gasteiger partial charge is 0.462 e. The molecule has 7 nitrogen and oxygen atoms in total. The highest BCUT2D eigenvalue weighted by Crippen LogP contribution is 2.29. The number of nitrogens with one attached hydrogen (secondary N) is 1. The van der Waals surface area contributed by atoms with Crippen molar-refractivity contribution in [3.05, 3.63) is 82.8 Å². The van der Waals surface area contributed by atoms with Crippen LogP contribution in [0.2, 0.25) is 0 Å². The summed E-state index contributed by atoms with van der Waals surface area (Å²) in [5.74, 6) is -0.639. The first-order valence-corrected chi connectivity index (χ1v) is 11.4. The fourth-order valence-electron chi connectivity index (χ4n) is 4.20. The summed E-state index contributed by atoms with van der Waals surface area (Å²) in [6.07, 6.45) is 0.755. The second-order valence-electron chi connectivity index (χ2n) is 8.14. The first kappa shape index (κ1) is 23.2. The summed E-state index contributed by atoms with van der Waals surface area (Å²) in [6.45, 7) is 7.98. The molecule has 2 aromatic heterocycles. The number of ether oxygens (including phenoxy) is 1. The topological polar surface area (TPSA) is 85.6 Å². The van der Waals surface area contributed by atoms with Gasteiger partial charge in [-0.25, -0.2) is 14.3 Å². The third-order valence-corrected chi connectivity index (χ3v) is 5.86. The minimum Gasteiger partial charge on any atom is -0.462 e. The minimum absolute atomic E-state index is 0.183. The number of amides is 1. The Bertz CT molecular complexity index is 1360. The van der Waals surface area contributed by atoms with E-state index < -0.39 is 5.97 Å². The lowest BCUT2D eigenvalue weighted by atomic mass is 10.0. The fourth-order valence-corrected chi connectivity index (χ4v) is 4.20. The van der Waals surface area contributed by atoms with Crippen LogP contribution in [0.5, 0.6) is 0 Å². The number of carbonyl (C=O) groups excluding carboxylic acids is 2. The number of rotatable bonds is 7. The molecule has 174 valence electrons. The summed E-state index contributed by atoms with van der Waals surface area (Å²) >= 11 is 0. The van der Waals surface area contributed by atoms with Crippen LogP contribution in [0.15, 0.2) is 54.6 Å². The van der Waals surface area contributed by atoms with Gasteiger partial charge in [-0.05, 0) is 57.4 Å². The third-order valence-electron chi connectivity index (χ3n) is 5.86. The highest BCUT2D eigenvalue weighted by Gasteiger charge is 2.19. The maximum atomic E-state index is 12.7. The number of aryl methyl sites for hydroxylation is 3. The van der Waals surface area contributed by atoms with Crippen molar-refractivity contribution in [1.29, 1.82) is 0 Å². The van der Waals surface area contributed by atoms with Crippen molar-refractivity contribution in [2.75, 3.05) is 11.9 Å². The van der Waals surface area contributed by atoms with E-state index in [1.54, 1.807) is 31.2 Å². The van der Waals surface area contributed by atoms with Gasteiger partial charge in [0.25, 0.3) is 0 Å². The minimum atomic E-state index is -0.456. The maximum absolute atomic E-state index is 12.7. The van der Waals surface area contributed by atoms with Gasteiger partial charge in [0.2, 0.25) is 5.91 Å². The summed E-state index contributed by atoms with van der Waals surface area (Å²) in [5, 5.41) is 7.58. The number of hydrogen-bond acceptors (Lipinski definition) is 5. The van der Waals surface area contributed by atoms with Crippen LogP contribution in [0.1, 0.15) is 46.3 Å². The lowest BCUT2D eigenvalue weighted by molar-refractivity contribution is -0.116. The molecule has 1 N–H and O–H groups in total. The van der Waals surface area contributed by atoms with Gasteiger partial charge in [0.1, 0.15) is 0 Å². The molecule has 0 aliphatic rings. The standard InChI is InChI=1S/C27H28N4O3/c1-5-34-27(33)22-13-9-10-14-23(22)29-24(32)16-15-21-17(2)28-26-25(20-11-7-6-8-12-20)18(3)30-31(26)19(21)4/h6-14H,5,15-16H2,1-4H3,(H,29,32). The second kappa shape index (κ2) is 9.87. The predicted molar refractivity (Wildman–Crippen MR) is 132 cm³/mol. The molecule has 0 aliphatic heterocycles. The second-order valence-corrected chi connectivity index (χ2v) is 8.14. The number of hydrogen-bond donors (Lipinski definition) is 1. The van der Waals surface area contributed by atoms with Crippen LogP contribution in [0.4, 0.5) is 5.69 Å². The molecule has 1 amide bonds. The molecule has 0 unspecified atom stereocenters. The number of aromatic nitrogens is 3. The van der Waals surface area contributed by atoms with E-state index in [2.05, 4.69) is 17.4 Å². The number of benzene rings is 2. The van der Waals surface area contributed by atoms with Crippen molar-refractivity contribution in [2.24, 2.45) is 0 Å². The predicted octanol–water partition coefficient (Wildman–Crippen LogP) is 5.07. The number of para-hydroxylation sites is 1. The Hall–Kier alpha value is -4.00. The van der Waals surface area contributed by atoms with Crippen molar-refractivity contribution < 1.29 is 14.3 Å². The Balaban J connectivity index is 1.56. The molecule has 7 heteroatoms. The van der Waals surface area contributed by atoms with E-state index in [4.69, 9.17) is 14.8 Å². The monoisotopic (exact) mass is 456 g/mol. The van der Waals surface area contributed by atoms with Crippen LogP contribution in [0, 0.1) is 20.8 Å². The Morgan fingerprint density at radius 3 is 2.41 bits per heavy atom. The zero-order valence-corrected chi connectivity index (χ0v) is 19.9. The normalized spacial score (nSPS) is 10.9. The van der Waals surface area contributed by atoms with Gasteiger partial charge in [-0.15, -0.1) is 0 Å². The molecule has 4 aromatic rings. The third kappa shape index (κ3) is 4.55. The van der Waals surface area contributed by atoms with E-state index >= 15 is 0 Å². The van der Waals surface area contributed by atoms with Crippen LogP contribution < -0.4 is 5.32 Å². The van der Waals surface area contributed by atoms with E-state index in [1.165, 1.54) is 0 Å². The van der Waals surface area contributed by atoms with Crippen LogP contribution in [0.3, 0.4) is 0 Å². The van der Waals surface area contributed by atoms with Crippen molar-refractivity contribution in [3.8, 4) is 11.1 Å². The molecule has 0 saturated heterocycles. The van der Waals surface area contributed by atoms with Gasteiger partial charge in [-0.1, -0.05) is 42.5 Å². The highest BCUT2D eigenvalue weighted by atomic mass is 16.5. The molecule has 2 heterocycles. The summed E-state index contributed by atoms with van der Waals surface area (Å²) in [4.78, 5) is 29.8. The van der Waals surface area contributed by atoms with Crippen LogP contribution in [-0.2, 0) is 16.0 Å². The number of esters is 1. The van der Waals surface area contributed by atoms with E-state index in [9.17, 15) is 9.59 Å². The average molecular weight is 457 g/mol. The summed E-state index contributed by atoms with van der Waals surface area (Å²) in [7, 11) is 0. The Labute approximate surface area is 198 Å². The van der Waals surface area contributed by atoms with Crippen molar-refractivity contribution >= 4 is 23.2 Å². The fraction of sp³-hybridized carbons (Fsp3) is 0.259. The number of carbonyl (C=O) groups is 2.